The highest BCUT2D eigenvalue weighted by atomic mass is 16.2. The van der Waals surface area contributed by atoms with Crippen molar-refractivity contribution in [1.29, 1.82) is 0 Å². The van der Waals surface area contributed by atoms with Crippen molar-refractivity contribution in [1.82, 2.24) is 20.4 Å². The van der Waals surface area contributed by atoms with Crippen molar-refractivity contribution in [2.75, 3.05) is 39.8 Å². The molecule has 0 bridgehead atoms. The molecule has 0 aromatic carbocycles. The van der Waals surface area contributed by atoms with Crippen LogP contribution < -0.4 is 16.4 Å². The van der Waals surface area contributed by atoms with E-state index in [1.807, 2.05) is 6.92 Å². The number of hydrogen-bond acceptors (Lipinski definition) is 5. The Bertz CT molecular complexity index is 315. The summed E-state index contributed by atoms with van der Waals surface area (Å²) in [6.07, 6.45) is 0. The predicted octanol–water partition coefficient (Wildman–Crippen LogP) is -1.20. The maximum absolute atomic E-state index is 11.8. The van der Waals surface area contributed by atoms with Gasteiger partial charge in [-0.05, 0) is 13.8 Å². The Morgan fingerprint density at radius 1 is 1.16 bits per heavy atom. The number of nitrogens with one attached hydrogen (secondary N) is 2. The summed E-state index contributed by atoms with van der Waals surface area (Å²) in [7, 11) is 1.49. The predicted molar refractivity (Wildman–Crippen MR) is 73.7 cm³/mol. The smallest absolute Gasteiger partial charge is 0.321 e. The van der Waals surface area contributed by atoms with Gasteiger partial charge in [0.2, 0.25) is 5.91 Å². The lowest BCUT2D eigenvalue weighted by Gasteiger charge is -2.39. The molecule has 1 saturated heterocycles. The molecule has 0 aromatic rings. The Hall–Kier alpha value is -1.18. The molecular weight excluding hydrogens is 246 g/mol. The van der Waals surface area contributed by atoms with E-state index in [9.17, 15) is 9.59 Å². The first-order valence-electron chi connectivity index (χ1n) is 6.70. The van der Waals surface area contributed by atoms with Crippen LogP contribution in [0.5, 0.6) is 0 Å². The third-order valence-corrected chi connectivity index (χ3v) is 3.70. The Morgan fingerprint density at radius 2 is 1.68 bits per heavy atom. The quantitative estimate of drug-likeness (QED) is 0.597. The van der Waals surface area contributed by atoms with Gasteiger partial charge in [0.1, 0.15) is 0 Å². The van der Waals surface area contributed by atoms with Gasteiger partial charge in [0, 0.05) is 45.8 Å². The number of hydrogen-bond donors (Lipinski definition) is 3. The fourth-order valence-electron chi connectivity index (χ4n) is 2.16. The third kappa shape index (κ3) is 4.45. The Labute approximate surface area is 114 Å². The van der Waals surface area contributed by atoms with Gasteiger partial charge in [0.05, 0.1) is 6.04 Å². The fourth-order valence-corrected chi connectivity index (χ4v) is 2.16. The minimum atomic E-state index is -0.466. The average molecular weight is 271 g/mol. The van der Waals surface area contributed by atoms with Crippen LogP contribution in [0.4, 0.5) is 4.79 Å². The molecule has 110 valence electrons. The van der Waals surface area contributed by atoms with Crippen molar-refractivity contribution in [3.05, 3.63) is 0 Å². The first-order chi connectivity index (χ1) is 8.99. The second kappa shape index (κ2) is 7.42. The fraction of sp³-hybridized carbons (Fsp3) is 0.833. The molecule has 0 radical (unpaired) electrons. The summed E-state index contributed by atoms with van der Waals surface area (Å²) in [5, 5.41) is 4.68. The molecule has 1 heterocycles. The van der Waals surface area contributed by atoms with Crippen molar-refractivity contribution >= 4 is 11.9 Å². The molecule has 2 unspecified atom stereocenters. The van der Waals surface area contributed by atoms with Crippen molar-refractivity contribution in [2.45, 2.75) is 25.9 Å². The van der Waals surface area contributed by atoms with Crippen molar-refractivity contribution < 1.29 is 9.59 Å². The summed E-state index contributed by atoms with van der Waals surface area (Å²) in [6, 6.07) is -0.392. The summed E-state index contributed by atoms with van der Waals surface area (Å²) in [4.78, 5) is 27.3. The standard InChI is InChI=1S/C12H25N5O2/c1-9(8-13)16-4-6-17(7-5-16)10(2)11(18)15-12(19)14-3/h9-10H,4-8,13H2,1-3H3,(H2,14,15,18,19). The number of carbonyl (C=O) groups is 2. The van der Waals surface area contributed by atoms with Crippen molar-refractivity contribution in [2.24, 2.45) is 5.73 Å². The minimum Gasteiger partial charge on any atom is -0.341 e. The molecule has 1 aliphatic rings. The topological polar surface area (TPSA) is 90.7 Å². The number of nitrogens with two attached hydrogens (primary N) is 1. The van der Waals surface area contributed by atoms with E-state index in [2.05, 4.69) is 27.4 Å². The lowest BCUT2D eigenvalue weighted by molar-refractivity contribution is -0.125. The second-order valence-electron chi connectivity index (χ2n) is 4.90. The molecule has 2 atom stereocenters. The molecule has 1 aliphatic heterocycles. The summed E-state index contributed by atoms with van der Waals surface area (Å²) < 4.78 is 0. The Balaban J connectivity index is 2.42. The molecule has 0 saturated carbocycles. The molecular formula is C12H25N5O2. The van der Waals surface area contributed by atoms with Gasteiger partial charge >= 0.3 is 6.03 Å². The summed E-state index contributed by atoms with van der Waals surface area (Å²) >= 11 is 0. The highest BCUT2D eigenvalue weighted by molar-refractivity contribution is 5.96. The van der Waals surface area contributed by atoms with Crippen LogP contribution in [0.1, 0.15) is 13.8 Å². The lowest BCUT2D eigenvalue weighted by Crippen LogP contribution is -2.57. The maximum Gasteiger partial charge on any atom is 0.321 e. The van der Waals surface area contributed by atoms with Gasteiger partial charge in [-0.3, -0.25) is 19.9 Å². The molecule has 19 heavy (non-hydrogen) atoms. The SMILES string of the molecule is CNC(=O)NC(=O)C(C)N1CCN(C(C)CN)CC1. The van der Waals surface area contributed by atoms with Gasteiger partial charge in [-0.1, -0.05) is 0 Å². The highest BCUT2D eigenvalue weighted by Gasteiger charge is 2.27. The zero-order valence-corrected chi connectivity index (χ0v) is 12.0. The monoisotopic (exact) mass is 271 g/mol. The van der Waals surface area contributed by atoms with Crippen LogP contribution in [0.15, 0.2) is 0 Å². The second-order valence-corrected chi connectivity index (χ2v) is 4.90. The molecule has 0 spiro atoms. The van der Waals surface area contributed by atoms with Gasteiger partial charge in [-0.25, -0.2) is 4.79 Å². The third-order valence-electron chi connectivity index (χ3n) is 3.70. The molecule has 7 heteroatoms. The highest BCUT2D eigenvalue weighted by Crippen LogP contribution is 2.09. The molecule has 1 fully saturated rings. The number of carbonyl (C=O) groups excluding carboxylic acids is 2. The van der Waals surface area contributed by atoms with Crippen LogP contribution in [0.3, 0.4) is 0 Å². The average Bonchev–Trinajstić information content (AvgIpc) is 2.45. The summed E-state index contributed by atoms with van der Waals surface area (Å²) in [5.41, 5.74) is 5.65. The van der Waals surface area contributed by atoms with E-state index in [0.29, 0.717) is 12.6 Å². The van der Waals surface area contributed by atoms with Crippen LogP contribution in [0.25, 0.3) is 0 Å². The van der Waals surface area contributed by atoms with Gasteiger partial charge < -0.3 is 11.1 Å². The van der Waals surface area contributed by atoms with Gasteiger partial charge in [-0.15, -0.1) is 0 Å². The van der Waals surface area contributed by atoms with E-state index in [1.54, 1.807) is 0 Å². The van der Waals surface area contributed by atoms with E-state index in [0.717, 1.165) is 26.2 Å². The summed E-state index contributed by atoms with van der Waals surface area (Å²) in [5.74, 6) is -0.264. The van der Waals surface area contributed by atoms with E-state index in [-0.39, 0.29) is 11.9 Å². The Kier molecular flexibility index (Phi) is 6.20. The number of urea groups is 1. The number of nitrogens with zero attached hydrogens (tertiary/aromatic N) is 2. The number of piperazine rings is 1. The van der Waals surface area contributed by atoms with E-state index in [4.69, 9.17) is 5.73 Å². The number of rotatable bonds is 4. The number of imide groups is 1. The van der Waals surface area contributed by atoms with E-state index in [1.165, 1.54) is 7.05 Å². The molecule has 4 N–H and O–H groups in total. The van der Waals surface area contributed by atoms with Crippen LogP contribution in [0.2, 0.25) is 0 Å². The Morgan fingerprint density at radius 3 is 2.16 bits per heavy atom. The van der Waals surface area contributed by atoms with E-state index >= 15 is 0 Å². The first-order valence-corrected chi connectivity index (χ1v) is 6.70. The van der Waals surface area contributed by atoms with Crippen molar-refractivity contribution in [3.63, 3.8) is 0 Å². The molecule has 1 rings (SSSR count). The zero-order valence-electron chi connectivity index (χ0n) is 12.0. The largest absolute Gasteiger partial charge is 0.341 e. The van der Waals surface area contributed by atoms with Crippen LogP contribution >= 0.6 is 0 Å². The number of amides is 3. The minimum absolute atomic E-state index is 0.264. The van der Waals surface area contributed by atoms with E-state index < -0.39 is 6.03 Å². The molecule has 3 amide bonds. The molecule has 7 nitrogen and oxygen atoms in total. The lowest BCUT2D eigenvalue weighted by atomic mass is 10.2. The summed E-state index contributed by atoms with van der Waals surface area (Å²) in [6.45, 7) is 8.00. The van der Waals surface area contributed by atoms with Crippen LogP contribution in [0, 0.1) is 0 Å². The van der Waals surface area contributed by atoms with Gasteiger partial charge in [0.15, 0.2) is 0 Å². The van der Waals surface area contributed by atoms with Crippen LogP contribution in [-0.2, 0) is 4.79 Å². The maximum atomic E-state index is 11.8. The zero-order chi connectivity index (χ0) is 14.4. The normalized spacial score (nSPS) is 20.6. The van der Waals surface area contributed by atoms with Gasteiger partial charge in [0.25, 0.3) is 0 Å². The van der Waals surface area contributed by atoms with Crippen LogP contribution in [-0.4, -0.2) is 73.6 Å². The molecule has 0 aliphatic carbocycles. The van der Waals surface area contributed by atoms with Gasteiger partial charge in [-0.2, -0.15) is 0 Å². The molecule has 0 aromatic heterocycles. The first kappa shape index (κ1) is 15.9. The van der Waals surface area contributed by atoms with Crippen molar-refractivity contribution in [3.8, 4) is 0 Å².